The smallest absolute Gasteiger partial charge is 0.305 e. The van der Waals surface area contributed by atoms with Crippen LogP contribution >= 0.6 is 0 Å². The minimum absolute atomic E-state index is 0.148. The first-order valence-corrected chi connectivity index (χ1v) is 6.04. The Morgan fingerprint density at radius 1 is 1.30 bits per heavy atom. The van der Waals surface area contributed by atoms with E-state index in [-0.39, 0.29) is 6.42 Å². The van der Waals surface area contributed by atoms with Crippen LogP contribution < -0.4 is 10.5 Å². The molecule has 1 aromatic carbocycles. The van der Waals surface area contributed by atoms with E-state index in [1.165, 1.54) is 0 Å². The molecule has 0 spiro atoms. The van der Waals surface area contributed by atoms with Crippen molar-refractivity contribution in [1.29, 1.82) is 0 Å². The fourth-order valence-electron chi connectivity index (χ4n) is 1.72. The van der Waals surface area contributed by atoms with Crippen LogP contribution in [0.4, 0.5) is 0 Å². The predicted octanol–water partition coefficient (Wildman–Crippen LogP) is 1.63. The van der Waals surface area contributed by atoms with Crippen LogP contribution in [0.1, 0.15) is 18.0 Å². The second-order valence-corrected chi connectivity index (χ2v) is 4.27. The summed E-state index contributed by atoms with van der Waals surface area (Å²) >= 11 is 0. The predicted molar refractivity (Wildman–Crippen MR) is 73.2 cm³/mol. The summed E-state index contributed by atoms with van der Waals surface area (Å²) in [5, 5.41) is 8.69. The number of benzene rings is 1. The van der Waals surface area contributed by atoms with Crippen LogP contribution in [0.2, 0.25) is 0 Å². The molecule has 0 aliphatic heterocycles. The van der Waals surface area contributed by atoms with Crippen molar-refractivity contribution in [2.75, 3.05) is 7.11 Å². The van der Waals surface area contributed by atoms with Gasteiger partial charge in [-0.2, -0.15) is 0 Å². The fraction of sp³-hybridized carbons (Fsp3) is 0.214. The quantitative estimate of drug-likeness (QED) is 0.859. The highest BCUT2D eigenvalue weighted by atomic mass is 16.5. The molecule has 0 aliphatic rings. The number of methoxy groups -OCH3 is 1. The van der Waals surface area contributed by atoms with Crippen molar-refractivity contribution in [3.8, 4) is 17.1 Å². The van der Waals surface area contributed by atoms with E-state index in [9.17, 15) is 4.79 Å². The highest BCUT2D eigenvalue weighted by molar-refractivity contribution is 5.67. The number of carbonyl (C=O) groups is 1. The molecule has 0 unspecified atom stereocenters. The van der Waals surface area contributed by atoms with E-state index < -0.39 is 12.0 Å². The van der Waals surface area contributed by atoms with Gasteiger partial charge in [-0.25, -0.2) is 9.97 Å². The first kappa shape index (κ1) is 14.0. The molecule has 1 heterocycles. The molecule has 20 heavy (non-hydrogen) atoms. The van der Waals surface area contributed by atoms with Gasteiger partial charge in [-0.05, 0) is 24.3 Å². The number of hydrogen-bond acceptors (Lipinski definition) is 5. The highest BCUT2D eigenvalue weighted by Gasteiger charge is 2.12. The minimum Gasteiger partial charge on any atom is -0.497 e. The van der Waals surface area contributed by atoms with Crippen LogP contribution in [-0.2, 0) is 4.79 Å². The third kappa shape index (κ3) is 3.30. The van der Waals surface area contributed by atoms with Gasteiger partial charge in [0.15, 0.2) is 5.82 Å². The second kappa shape index (κ2) is 6.12. The Hall–Kier alpha value is -2.47. The molecule has 3 N–H and O–H groups in total. The Balaban J connectivity index is 2.16. The third-order valence-electron chi connectivity index (χ3n) is 2.84. The second-order valence-electron chi connectivity index (χ2n) is 4.27. The van der Waals surface area contributed by atoms with Gasteiger partial charge in [0, 0.05) is 29.6 Å². The Kier molecular flexibility index (Phi) is 4.27. The molecule has 0 radical (unpaired) electrons. The summed E-state index contributed by atoms with van der Waals surface area (Å²) in [5.74, 6) is 0.365. The van der Waals surface area contributed by atoms with Gasteiger partial charge in [-0.1, -0.05) is 0 Å². The molecule has 0 bridgehead atoms. The zero-order valence-corrected chi connectivity index (χ0v) is 11.0. The monoisotopic (exact) mass is 273 g/mol. The van der Waals surface area contributed by atoms with Crippen LogP contribution in [0.15, 0.2) is 36.7 Å². The van der Waals surface area contributed by atoms with Crippen LogP contribution in [0.5, 0.6) is 5.75 Å². The molecule has 2 rings (SSSR count). The number of aliphatic carboxylic acids is 1. The molecule has 6 nitrogen and oxygen atoms in total. The fourth-order valence-corrected chi connectivity index (χ4v) is 1.72. The summed E-state index contributed by atoms with van der Waals surface area (Å²) in [6.07, 6.45) is 2.96. The molecule has 2 aromatic rings. The maximum Gasteiger partial charge on any atom is 0.305 e. The molecule has 6 heteroatoms. The van der Waals surface area contributed by atoms with Crippen LogP contribution in [0, 0.1) is 0 Å². The van der Waals surface area contributed by atoms with Gasteiger partial charge in [0.05, 0.1) is 13.5 Å². The zero-order valence-electron chi connectivity index (χ0n) is 11.0. The molecule has 0 saturated heterocycles. The summed E-state index contributed by atoms with van der Waals surface area (Å²) in [6.45, 7) is 0. The normalized spacial score (nSPS) is 11.9. The molecule has 0 saturated carbocycles. The van der Waals surface area contributed by atoms with Gasteiger partial charge in [0.1, 0.15) is 5.75 Å². The lowest BCUT2D eigenvalue weighted by atomic mass is 10.1. The number of carboxylic acid groups (broad SMARTS) is 1. The lowest BCUT2D eigenvalue weighted by Crippen LogP contribution is -2.15. The van der Waals surface area contributed by atoms with Crippen molar-refractivity contribution in [2.24, 2.45) is 5.73 Å². The van der Waals surface area contributed by atoms with Crippen LogP contribution in [0.25, 0.3) is 11.4 Å². The maximum absolute atomic E-state index is 10.6. The molecule has 1 aromatic heterocycles. The highest BCUT2D eigenvalue weighted by Crippen LogP contribution is 2.20. The van der Waals surface area contributed by atoms with Crippen molar-refractivity contribution < 1.29 is 14.6 Å². The minimum atomic E-state index is -0.947. The van der Waals surface area contributed by atoms with Crippen molar-refractivity contribution >= 4 is 5.97 Å². The molecule has 0 amide bonds. The Labute approximate surface area is 116 Å². The maximum atomic E-state index is 10.6. The number of ether oxygens (including phenoxy) is 1. The molecular weight excluding hydrogens is 258 g/mol. The summed E-state index contributed by atoms with van der Waals surface area (Å²) in [4.78, 5) is 19.0. The third-order valence-corrected chi connectivity index (χ3v) is 2.84. The summed E-state index contributed by atoms with van der Waals surface area (Å²) in [7, 11) is 1.60. The first-order valence-electron chi connectivity index (χ1n) is 6.04. The lowest BCUT2D eigenvalue weighted by Gasteiger charge is -2.09. The molecule has 104 valence electrons. The lowest BCUT2D eigenvalue weighted by molar-refractivity contribution is -0.137. The van der Waals surface area contributed by atoms with Gasteiger partial charge in [-0.3, -0.25) is 4.79 Å². The van der Waals surface area contributed by atoms with Gasteiger partial charge in [0.25, 0.3) is 0 Å². The van der Waals surface area contributed by atoms with Crippen LogP contribution in [0.3, 0.4) is 0 Å². The van der Waals surface area contributed by atoms with Gasteiger partial charge >= 0.3 is 5.97 Å². The zero-order chi connectivity index (χ0) is 14.5. The number of nitrogens with two attached hydrogens (primary N) is 1. The van der Waals surface area contributed by atoms with Gasteiger partial charge in [0.2, 0.25) is 0 Å². The Morgan fingerprint density at radius 3 is 2.40 bits per heavy atom. The van der Waals surface area contributed by atoms with Crippen molar-refractivity contribution in [2.45, 2.75) is 12.5 Å². The summed E-state index contributed by atoms with van der Waals surface area (Å²) in [5.41, 5.74) is 7.20. The number of rotatable bonds is 5. The SMILES string of the molecule is COc1ccc(-c2ncc([C@H](N)CC(=O)O)cn2)cc1. The van der Waals surface area contributed by atoms with E-state index in [1.807, 2.05) is 24.3 Å². The van der Waals surface area contributed by atoms with Gasteiger partial charge < -0.3 is 15.6 Å². The number of carboxylic acids is 1. The van der Waals surface area contributed by atoms with Gasteiger partial charge in [-0.15, -0.1) is 0 Å². The van der Waals surface area contributed by atoms with Crippen molar-refractivity contribution in [1.82, 2.24) is 9.97 Å². The molecule has 0 aliphatic carbocycles. The molecule has 0 fully saturated rings. The van der Waals surface area contributed by atoms with E-state index in [0.29, 0.717) is 11.4 Å². The number of aromatic nitrogens is 2. The Bertz CT molecular complexity index is 582. The average molecular weight is 273 g/mol. The Morgan fingerprint density at radius 2 is 1.90 bits per heavy atom. The van der Waals surface area contributed by atoms with E-state index in [0.717, 1.165) is 11.3 Å². The van der Waals surface area contributed by atoms with E-state index in [2.05, 4.69) is 9.97 Å². The first-order chi connectivity index (χ1) is 9.60. The average Bonchev–Trinajstić information content (AvgIpc) is 2.47. The topological polar surface area (TPSA) is 98.3 Å². The summed E-state index contributed by atoms with van der Waals surface area (Å²) in [6, 6.07) is 6.75. The van der Waals surface area contributed by atoms with E-state index >= 15 is 0 Å². The number of hydrogen-bond donors (Lipinski definition) is 2. The largest absolute Gasteiger partial charge is 0.497 e. The van der Waals surface area contributed by atoms with E-state index in [1.54, 1.807) is 19.5 Å². The summed E-state index contributed by atoms with van der Waals surface area (Å²) < 4.78 is 5.08. The molecular formula is C14H15N3O3. The van der Waals surface area contributed by atoms with Crippen LogP contribution in [-0.4, -0.2) is 28.2 Å². The van der Waals surface area contributed by atoms with Crippen molar-refractivity contribution in [3.05, 3.63) is 42.2 Å². The number of nitrogens with zero attached hydrogens (tertiary/aromatic N) is 2. The van der Waals surface area contributed by atoms with E-state index in [4.69, 9.17) is 15.6 Å². The standard InChI is InChI=1S/C14H15N3O3/c1-20-11-4-2-9(3-5-11)14-16-7-10(8-17-14)12(15)6-13(18)19/h2-5,7-8,12H,6,15H2,1H3,(H,18,19)/t12-/m1/s1. The molecule has 1 atom stereocenters. The van der Waals surface area contributed by atoms with Crippen molar-refractivity contribution in [3.63, 3.8) is 0 Å².